The number of rotatable bonds is 3. The summed E-state index contributed by atoms with van der Waals surface area (Å²) < 4.78 is 24.4. The van der Waals surface area contributed by atoms with Gasteiger partial charge in [0.2, 0.25) is 0 Å². The van der Waals surface area contributed by atoms with Gasteiger partial charge in [-0.1, -0.05) is 6.42 Å². The Morgan fingerprint density at radius 2 is 1.94 bits per heavy atom. The first-order valence-corrected chi connectivity index (χ1v) is 6.33. The monoisotopic (exact) mass is 253 g/mol. The van der Waals surface area contributed by atoms with Crippen molar-refractivity contribution in [2.45, 2.75) is 32.2 Å². The van der Waals surface area contributed by atoms with E-state index in [1.165, 1.54) is 20.0 Å². The minimum Gasteiger partial charge on any atom is -0.492 e. The number of piperidine rings is 1. The van der Waals surface area contributed by atoms with E-state index in [-0.39, 0.29) is 17.6 Å². The van der Waals surface area contributed by atoms with Crippen LogP contribution in [0.2, 0.25) is 0 Å². The molecule has 1 aliphatic rings. The summed E-state index contributed by atoms with van der Waals surface area (Å²) in [5, 5.41) is 3.43. The fourth-order valence-electron chi connectivity index (χ4n) is 2.64. The molecule has 18 heavy (non-hydrogen) atoms. The highest BCUT2D eigenvalue weighted by molar-refractivity contribution is 5.52. The van der Waals surface area contributed by atoms with Gasteiger partial charge in [-0.2, -0.15) is 0 Å². The lowest BCUT2D eigenvalue weighted by atomic mass is 9.93. The van der Waals surface area contributed by atoms with Crippen LogP contribution in [0.5, 0.6) is 11.5 Å². The predicted molar refractivity (Wildman–Crippen MR) is 68.8 cm³/mol. The highest BCUT2D eigenvalue weighted by Gasteiger charge is 2.23. The van der Waals surface area contributed by atoms with Gasteiger partial charge < -0.3 is 14.8 Å². The van der Waals surface area contributed by atoms with Crippen molar-refractivity contribution in [1.29, 1.82) is 0 Å². The number of ether oxygens (including phenoxy) is 2. The normalized spacial score (nSPS) is 19.7. The van der Waals surface area contributed by atoms with Gasteiger partial charge in [0, 0.05) is 6.04 Å². The van der Waals surface area contributed by atoms with Crippen LogP contribution >= 0.6 is 0 Å². The lowest BCUT2D eigenvalue weighted by Gasteiger charge is -2.26. The van der Waals surface area contributed by atoms with Crippen LogP contribution in [-0.4, -0.2) is 20.8 Å². The number of benzene rings is 1. The van der Waals surface area contributed by atoms with Gasteiger partial charge in [-0.25, -0.2) is 4.39 Å². The molecule has 3 nitrogen and oxygen atoms in total. The van der Waals surface area contributed by atoms with Crippen molar-refractivity contribution in [3.8, 4) is 11.5 Å². The molecule has 1 N–H and O–H groups in total. The minimum atomic E-state index is -0.359. The molecule has 1 atom stereocenters. The van der Waals surface area contributed by atoms with Gasteiger partial charge in [-0.3, -0.25) is 0 Å². The van der Waals surface area contributed by atoms with Gasteiger partial charge in [0.05, 0.1) is 14.2 Å². The molecule has 0 spiro atoms. The molecule has 0 saturated carbocycles. The summed E-state index contributed by atoms with van der Waals surface area (Å²) in [6.45, 7) is 2.94. The van der Waals surface area contributed by atoms with E-state index >= 15 is 0 Å². The Labute approximate surface area is 107 Å². The molecule has 2 rings (SSSR count). The summed E-state index contributed by atoms with van der Waals surface area (Å²) in [5.41, 5.74) is 1.93. The second kappa shape index (κ2) is 5.57. The van der Waals surface area contributed by atoms with Crippen LogP contribution in [0.4, 0.5) is 4.39 Å². The van der Waals surface area contributed by atoms with E-state index in [1.54, 1.807) is 13.2 Å². The molecule has 4 heteroatoms. The molecule has 1 unspecified atom stereocenters. The van der Waals surface area contributed by atoms with Crippen molar-refractivity contribution >= 4 is 0 Å². The summed E-state index contributed by atoms with van der Waals surface area (Å²) in [5.74, 6) is 0.330. The van der Waals surface area contributed by atoms with E-state index in [4.69, 9.17) is 9.47 Å². The number of methoxy groups -OCH3 is 2. The van der Waals surface area contributed by atoms with E-state index < -0.39 is 0 Å². The van der Waals surface area contributed by atoms with Gasteiger partial charge in [0.25, 0.3) is 0 Å². The first-order chi connectivity index (χ1) is 8.69. The average Bonchev–Trinajstić information content (AvgIpc) is 2.41. The Bertz CT molecular complexity index is 428. The fourth-order valence-corrected chi connectivity index (χ4v) is 2.64. The molecule has 0 amide bonds. The third-order valence-electron chi connectivity index (χ3n) is 3.57. The zero-order valence-electron chi connectivity index (χ0n) is 11.2. The summed E-state index contributed by atoms with van der Waals surface area (Å²) in [7, 11) is 3.00. The number of halogens is 1. The molecule has 0 aromatic heterocycles. The van der Waals surface area contributed by atoms with Gasteiger partial charge in [0.1, 0.15) is 0 Å². The van der Waals surface area contributed by atoms with Gasteiger partial charge in [0.15, 0.2) is 17.3 Å². The van der Waals surface area contributed by atoms with Crippen LogP contribution in [0.15, 0.2) is 6.07 Å². The largest absolute Gasteiger partial charge is 0.492 e. The van der Waals surface area contributed by atoms with E-state index in [0.717, 1.165) is 24.1 Å². The van der Waals surface area contributed by atoms with E-state index in [1.807, 2.05) is 6.92 Å². The fraction of sp³-hybridized carbons (Fsp3) is 0.571. The van der Waals surface area contributed by atoms with Crippen molar-refractivity contribution in [2.24, 2.45) is 0 Å². The Kier molecular flexibility index (Phi) is 4.07. The Morgan fingerprint density at radius 1 is 1.22 bits per heavy atom. The van der Waals surface area contributed by atoms with Crippen LogP contribution in [0.3, 0.4) is 0 Å². The van der Waals surface area contributed by atoms with E-state index in [0.29, 0.717) is 5.75 Å². The highest BCUT2D eigenvalue weighted by Crippen LogP contribution is 2.39. The predicted octanol–water partition coefficient (Wildman–Crippen LogP) is 2.97. The third-order valence-corrected chi connectivity index (χ3v) is 3.57. The average molecular weight is 253 g/mol. The number of nitrogens with one attached hydrogen (secondary N) is 1. The second-order valence-corrected chi connectivity index (χ2v) is 4.64. The lowest BCUT2D eigenvalue weighted by molar-refractivity contribution is 0.332. The first kappa shape index (κ1) is 13.1. The minimum absolute atomic E-state index is 0.189. The molecule has 1 heterocycles. The quantitative estimate of drug-likeness (QED) is 0.898. The van der Waals surface area contributed by atoms with Gasteiger partial charge in [-0.15, -0.1) is 0 Å². The summed E-state index contributed by atoms with van der Waals surface area (Å²) in [4.78, 5) is 0. The van der Waals surface area contributed by atoms with Crippen molar-refractivity contribution < 1.29 is 13.9 Å². The molecule has 0 radical (unpaired) electrons. The number of hydrogen-bond donors (Lipinski definition) is 1. The SMILES string of the molecule is COc1c(F)cc(C2CCCCN2)c(C)c1OC. The molecule has 1 aliphatic heterocycles. The molecule has 0 bridgehead atoms. The molecule has 1 fully saturated rings. The molecule has 1 saturated heterocycles. The van der Waals surface area contributed by atoms with Crippen molar-refractivity contribution in [2.75, 3.05) is 20.8 Å². The van der Waals surface area contributed by atoms with Gasteiger partial charge >= 0.3 is 0 Å². The molecular formula is C14H20FNO2. The Hall–Kier alpha value is -1.29. The molecular weight excluding hydrogens is 233 g/mol. The maximum absolute atomic E-state index is 14.0. The van der Waals surface area contributed by atoms with Crippen LogP contribution in [0.25, 0.3) is 0 Å². The number of hydrogen-bond acceptors (Lipinski definition) is 3. The van der Waals surface area contributed by atoms with Crippen LogP contribution in [-0.2, 0) is 0 Å². The molecule has 1 aromatic rings. The van der Waals surface area contributed by atoms with Crippen molar-refractivity contribution in [1.82, 2.24) is 5.32 Å². The summed E-state index contributed by atoms with van der Waals surface area (Å²) in [6.07, 6.45) is 3.40. The van der Waals surface area contributed by atoms with Crippen molar-refractivity contribution in [3.63, 3.8) is 0 Å². The third kappa shape index (κ3) is 2.29. The maximum Gasteiger partial charge on any atom is 0.197 e. The first-order valence-electron chi connectivity index (χ1n) is 6.33. The summed E-state index contributed by atoms with van der Waals surface area (Å²) in [6, 6.07) is 1.78. The zero-order chi connectivity index (χ0) is 13.1. The van der Waals surface area contributed by atoms with Crippen molar-refractivity contribution in [3.05, 3.63) is 23.0 Å². The van der Waals surface area contributed by atoms with E-state index in [2.05, 4.69) is 5.32 Å². The lowest BCUT2D eigenvalue weighted by Crippen LogP contribution is -2.27. The van der Waals surface area contributed by atoms with Gasteiger partial charge in [-0.05, 0) is 43.5 Å². The van der Waals surface area contributed by atoms with E-state index in [9.17, 15) is 4.39 Å². The smallest absolute Gasteiger partial charge is 0.197 e. The Morgan fingerprint density at radius 3 is 2.50 bits per heavy atom. The van der Waals surface area contributed by atoms with Crippen LogP contribution < -0.4 is 14.8 Å². The standard InChI is InChI=1S/C14H20FNO2/c1-9-10(12-6-4-5-7-16-12)8-11(15)14(18-3)13(9)17-2/h8,12,16H,4-7H2,1-3H3. The van der Waals surface area contributed by atoms with Crippen LogP contribution in [0, 0.1) is 12.7 Å². The topological polar surface area (TPSA) is 30.5 Å². The maximum atomic E-state index is 14.0. The molecule has 0 aliphatic carbocycles. The summed E-state index contributed by atoms with van der Waals surface area (Å²) >= 11 is 0. The molecule has 100 valence electrons. The van der Waals surface area contributed by atoms with Crippen LogP contribution in [0.1, 0.15) is 36.4 Å². The zero-order valence-corrected chi connectivity index (χ0v) is 11.2. The highest BCUT2D eigenvalue weighted by atomic mass is 19.1. The second-order valence-electron chi connectivity index (χ2n) is 4.64. The molecule has 1 aromatic carbocycles. The Balaban J connectivity index is 2.44.